The van der Waals surface area contributed by atoms with Crippen molar-refractivity contribution in [2.24, 2.45) is 0 Å². The molecule has 0 bridgehead atoms. The second kappa shape index (κ2) is 8.76. The average Bonchev–Trinajstić information content (AvgIpc) is 3.15. The van der Waals surface area contributed by atoms with Gasteiger partial charge in [-0.25, -0.2) is 4.98 Å². The lowest BCUT2D eigenvalue weighted by Crippen LogP contribution is -1.90. The monoisotopic (exact) mass is 419 g/mol. The number of ether oxygens (including phenoxy) is 1. The molecule has 2 heterocycles. The standard InChI is InChI=1S/C23H21N3OS2/c1-15-7-9-17(10-8-15)14-28-21-12-11-20(25-26-21)22-16(2)24-23(29-22)18-5-4-6-19(13-18)27-3/h4-13H,14H2,1-3H3. The number of rotatable bonds is 6. The summed E-state index contributed by atoms with van der Waals surface area (Å²) in [7, 11) is 1.67. The van der Waals surface area contributed by atoms with Gasteiger partial charge in [-0.3, -0.25) is 0 Å². The topological polar surface area (TPSA) is 47.9 Å². The van der Waals surface area contributed by atoms with Crippen molar-refractivity contribution in [1.82, 2.24) is 15.2 Å². The maximum absolute atomic E-state index is 5.32. The fourth-order valence-electron chi connectivity index (χ4n) is 2.87. The molecule has 0 aliphatic carbocycles. The van der Waals surface area contributed by atoms with Crippen LogP contribution in [-0.4, -0.2) is 22.3 Å². The van der Waals surface area contributed by atoms with Gasteiger partial charge in [-0.2, -0.15) is 0 Å². The summed E-state index contributed by atoms with van der Waals surface area (Å²) in [4.78, 5) is 5.77. The average molecular weight is 420 g/mol. The summed E-state index contributed by atoms with van der Waals surface area (Å²) in [6.45, 7) is 4.11. The second-order valence-corrected chi connectivity index (χ2v) is 8.69. The normalized spacial score (nSPS) is 10.9. The van der Waals surface area contributed by atoms with Gasteiger partial charge in [0.2, 0.25) is 0 Å². The van der Waals surface area contributed by atoms with Gasteiger partial charge in [-0.05, 0) is 43.7 Å². The second-order valence-electron chi connectivity index (χ2n) is 6.70. The summed E-state index contributed by atoms with van der Waals surface area (Å²) in [6.07, 6.45) is 0. The minimum Gasteiger partial charge on any atom is -0.497 e. The van der Waals surface area contributed by atoms with Crippen LogP contribution in [0.15, 0.2) is 65.7 Å². The fraction of sp³-hybridized carbons (Fsp3) is 0.174. The van der Waals surface area contributed by atoms with E-state index in [1.807, 2.05) is 43.3 Å². The van der Waals surface area contributed by atoms with Gasteiger partial charge in [0.1, 0.15) is 21.5 Å². The van der Waals surface area contributed by atoms with Gasteiger partial charge in [-0.15, -0.1) is 21.5 Å². The number of methoxy groups -OCH3 is 1. The van der Waals surface area contributed by atoms with E-state index >= 15 is 0 Å². The first-order chi connectivity index (χ1) is 14.1. The number of hydrogen-bond donors (Lipinski definition) is 0. The zero-order chi connectivity index (χ0) is 20.2. The summed E-state index contributed by atoms with van der Waals surface area (Å²) in [5.74, 6) is 1.71. The number of nitrogens with zero attached hydrogens (tertiary/aromatic N) is 3. The van der Waals surface area contributed by atoms with E-state index in [-0.39, 0.29) is 0 Å². The minimum atomic E-state index is 0.826. The third kappa shape index (κ3) is 4.66. The Kier molecular flexibility index (Phi) is 5.92. The molecular formula is C23H21N3OS2. The van der Waals surface area contributed by atoms with E-state index < -0.39 is 0 Å². The predicted molar refractivity (Wildman–Crippen MR) is 121 cm³/mol. The first kappa shape index (κ1) is 19.6. The molecule has 0 fully saturated rings. The van der Waals surface area contributed by atoms with Crippen LogP contribution in [0.1, 0.15) is 16.8 Å². The molecule has 0 aliphatic heterocycles. The van der Waals surface area contributed by atoms with E-state index in [1.54, 1.807) is 30.2 Å². The Balaban J connectivity index is 1.50. The molecule has 0 unspecified atom stereocenters. The van der Waals surface area contributed by atoms with E-state index in [4.69, 9.17) is 9.72 Å². The maximum Gasteiger partial charge on any atom is 0.124 e. The highest BCUT2D eigenvalue weighted by molar-refractivity contribution is 7.98. The molecule has 0 saturated heterocycles. The molecule has 146 valence electrons. The number of thiazole rings is 1. The van der Waals surface area contributed by atoms with Crippen molar-refractivity contribution in [3.63, 3.8) is 0 Å². The van der Waals surface area contributed by atoms with E-state index in [9.17, 15) is 0 Å². The van der Waals surface area contributed by atoms with Crippen molar-refractivity contribution in [2.45, 2.75) is 24.6 Å². The Labute approximate surface area is 179 Å². The summed E-state index contributed by atoms with van der Waals surface area (Å²) >= 11 is 3.32. The molecule has 0 saturated carbocycles. The van der Waals surface area contributed by atoms with Gasteiger partial charge in [0, 0.05) is 11.3 Å². The number of benzene rings is 2. The number of hydrogen-bond acceptors (Lipinski definition) is 6. The Morgan fingerprint density at radius 1 is 0.966 bits per heavy atom. The van der Waals surface area contributed by atoms with E-state index in [1.165, 1.54) is 11.1 Å². The number of aryl methyl sites for hydroxylation is 2. The highest BCUT2D eigenvalue weighted by atomic mass is 32.2. The number of thioether (sulfide) groups is 1. The molecule has 0 aliphatic rings. The lowest BCUT2D eigenvalue weighted by molar-refractivity contribution is 0.415. The van der Waals surface area contributed by atoms with Crippen LogP contribution in [0, 0.1) is 13.8 Å². The van der Waals surface area contributed by atoms with E-state index in [0.717, 1.165) is 43.4 Å². The van der Waals surface area contributed by atoms with Crippen molar-refractivity contribution in [1.29, 1.82) is 0 Å². The minimum absolute atomic E-state index is 0.826. The van der Waals surface area contributed by atoms with Crippen LogP contribution in [0.5, 0.6) is 5.75 Å². The Hall–Kier alpha value is -2.70. The first-order valence-corrected chi connectivity index (χ1v) is 11.1. The summed E-state index contributed by atoms with van der Waals surface area (Å²) in [5, 5.41) is 10.7. The van der Waals surface area contributed by atoms with Crippen molar-refractivity contribution < 1.29 is 4.74 Å². The van der Waals surface area contributed by atoms with Crippen LogP contribution in [0.3, 0.4) is 0 Å². The molecule has 0 atom stereocenters. The molecule has 0 spiro atoms. The third-order valence-corrected chi connectivity index (χ3v) is 6.71. The van der Waals surface area contributed by atoms with Crippen LogP contribution in [0.25, 0.3) is 21.1 Å². The van der Waals surface area contributed by atoms with Crippen LogP contribution < -0.4 is 4.74 Å². The van der Waals surface area contributed by atoms with Crippen LogP contribution in [-0.2, 0) is 5.75 Å². The lowest BCUT2D eigenvalue weighted by Gasteiger charge is -2.03. The van der Waals surface area contributed by atoms with Crippen LogP contribution >= 0.6 is 23.1 Å². The molecule has 0 amide bonds. The Bertz CT molecular complexity index is 1110. The Morgan fingerprint density at radius 3 is 2.52 bits per heavy atom. The molecule has 4 rings (SSSR count). The van der Waals surface area contributed by atoms with Gasteiger partial charge in [-0.1, -0.05) is 53.7 Å². The van der Waals surface area contributed by atoms with Crippen molar-refractivity contribution in [3.05, 3.63) is 77.5 Å². The first-order valence-electron chi connectivity index (χ1n) is 9.26. The predicted octanol–water partition coefficient (Wildman–Crippen LogP) is 6.18. The molecule has 2 aromatic heterocycles. The lowest BCUT2D eigenvalue weighted by atomic mass is 10.2. The SMILES string of the molecule is COc1cccc(-c2nc(C)c(-c3ccc(SCc4ccc(C)cc4)nn3)s2)c1. The summed E-state index contributed by atoms with van der Waals surface area (Å²) < 4.78 is 5.32. The molecule has 29 heavy (non-hydrogen) atoms. The van der Waals surface area contributed by atoms with Crippen LogP contribution in [0.2, 0.25) is 0 Å². The number of aromatic nitrogens is 3. The molecular weight excluding hydrogens is 398 g/mol. The fourth-order valence-corrected chi connectivity index (χ4v) is 4.67. The zero-order valence-corrected chi connectivity index (χ0v) is 18.2. The van der Waals surface area contributed by atoms with Crippen molar-refractivity contribution in [2.75, 3.05) is 7.11 Å². The molecule has 6 heteroatoms. The van der Waals surface area contributed by atoms with Gasteiger partial charge in [0.05, 0.1) is 17.7 Å². The molecule has 4 aromatic rings. The molecule has 0 radical (unpaired) electrons. The van der Waals surface area contributed by atoms with E-state index in [0.29, 0.717) is 0 Å². The van der Waals surface area contributed by atoms with Crippen molar-refractivity contribution in [3.8, 4) is 26.9 Å². The maximum atomic E-state index is 5.32. The third-order valence-electron chi connectivity index (χ3n) is 4.49. The van der Waals surface area contributed by atoms with Crippen LogP contribution in [0.4, 0.5) is 0 Å². The summed E-state index contributed by atoms with van der Waals surface area (Å²) in [5.41, 5.74) is 5.42. The van der Waals surface area contributed by atoms with Gasteiger partial charge in [0.25, 0.3) is 0 Å². The van der Waals surface area contributed by atoms with E-state index in [2.05, 4.69) is 41.4 Å². The van der Waals surface area contributed by atoms with Gasteiger partial charge in [0.15, 0.2) is 0 Å². The highest BCUT2D eigenvalue weighted by Gasteiger charge is 2.13. The largest absolute Gasteiger partial charge is 0.497 e. The van der Waals surface area contributed by atoms with Gasteiger partial charge < -0.3 is 4.74 Å². The zero-order valence-electron chi connectivity index (χ0n) is 16.5. The summed E-state index contributed by atoms with van der Waals surface area (Å²) in [6, 6.07) is 20.6. The Morgan fingerprint density at radius 2 is 1.79 bits per heavy atom. The molecule has 4 nitrogen and oxygen atoms in total. The highest BCUT2D eigenvalue weighted by Crippen LogP contribution is 2.35. The van der Waals surface area contributed by atoms with Gasteiger partial charge >= 0.3 is 0 Å². The van der Waals surface area contributed by atoms with Crippen molar-refractivity contribution >= 4 is 23.1 Å². The molecule has 0 N–H and O–H groups in total. The smallest absolute Gasteiger partial charge is 0.124 e. The molecule has 2 aromatic carbocycles. The quantitative estimate of drug-likeness (QED) is 0.349.